The molecule has 2 aromatic rings. The Hall–Kier alpha value is -1.78. The summed E-state index contributed by atoms with van der Waals surface area (Å²) in [5.74, 6) is -0.479. The van der Waals surface area contributed by atoms with Crippen molar-refractivity contribution in [3.63, 3.8) is 0 Å². The molecule has 0 bridgehead atoms. The van der Waals surface area contributed by atoms with Crippen molar-refractivity contribution in [2.75, 3.05) is 11.9 Å². The average Bonchev–Trinajstić information content (AvgIpc) is 2.50. The minimum absolute atomic E-state index is 0.157. The minimum Gasteiger partial charge on any atom is -0.384 e. The van der Waals surface area contributed by atoms with Crippen LogP contribution in [0.5, 0.6) is 0 Å². The van der Waals surface area contributed by atoms with Crippen molar-refractivity contribution in [3.05, 3.63) is 63.9 Å². The fraction of sp³-hybridized carbons (Fsp3) is 0.188. The summed E-state index contributed by atoms with van der Waals surface area (Å²) < 4.78 is 13.4. The molecule has 2 rings (SSSR count). The highest BCUT2D eigenvalue weighted by Crippen LogP contribution is 2.24. The van der Waals surface area contributed by atoms with Crippen molar-refractivity contribution in [3.8, 4) is 0 Å². The van der Waals surface area contributed by atoms with Gasteiger partial charge in [-0.3, -0.25) is 4.79 Å². The van der Waals surface area contributed by atoms with E-state index in [1.165, 1.54) is 6.07 Å². The Labute approximate surface area is 138 Å². The quantitative estimate of drug-likeness (QED) is 0.825. The first-order valence-electron chi connectivity index (χ1n) is 6.75. The second-order valence-electron chi connectivity index (χ2n) is 4.67. The van der Waals surface area contributed by atoms with Gasteiger partial charge in [-0.25, -0.2) is 4.39 Å². The van der Waals surface area contributed by atoms with Gasteiger partial charge in [0, 0.05) is 30.8 Å². The molecule has 0 heterocycles. The lowest BCUT2D eigenvalue weighted by Crippen LogP contribution is -2.25. The van der Waals surface area contributed by atoms with Gasteiger partial charge in [0.1, 0.15) is 5.82 Å². The van der Waals surface area contributed by atoms with E-state index in [9.17, 15) is 9.18 Å². The number of hydrogen-bond acceptors (Lipinski definition) is 2. The number of carbonyl (C=O) groups is 1. The first kappa shape index (κ1) is 16.6. The molecular weight excluding hydrogens is 326 g/mol. The van der Waals surface area contributed by atoms with Crippen molar-refractivity contribution >= 4 is 34.8 Å². The summed E-state index contributed by atoms with van der Waals surface area (Å²) in [4.78, 5) is 11.7. The molecule has 0 atom stereocenters. The first-order valence-corrected chi connectivity index (χ1v) is 7.51. The zero-order valence-corrected chi connectivity index (χ0v) is 13.2. The topological polar surface area (TPSA) is 41.1 Å². The number of anilines is 1. The molecule has 0 spiro atoms. The molecule has 0 aliphatic rings. The molecule has 6 heteroatoms. The van der Waals surface area contributed by atoms with Crippen LogP contribution in [-0.2, 0) is 11.3 Å². The van der Waals surface area contributed by atoms with Gasteiger partial charge in [0.25, 0.3) is 0 Å². The fourth-order valence-electron chi connectivity index (χ4n) is 1.85. The molecule has 0 saturated heterocycles. The minimum atomic E-state index is -0.322. The van der Waals surface area contributed by atoms with Crippen molar-refractivity contribution in [1.82, 2.24) is 5.32 Å². The van der Waals surface area contributed by atoms with E-state index in [1.807, 2.05) is 0 Å². The van der Waals surface area contributed by atoms with Crippen LogP contribution in [0.15, 0.2) is 42.5 Å². The van der Waals surface area contributed by atoms with Crippen LogP contribution in [0.25, 0.3) is 0 Å². The molecule has 0 fully saturated rings. The average molecular weight is 341 g/mol. The van der Waals surface area contributed by atoms with E-state index in [1.54, 1.807) is 36.4 Å². The zero-order chi connectivity index (χ0) is 15.9. The second kappa shape index (κ2) is 8.01. The van der Waals surface area contributed by atoms with Gasteiger partial charge in [0.2, 0.25) is 5.91 Å². The van der Waals surface area contributed by atoms with Gasteiger partial charge in [-0.05, 0) is 24.3 Å². The van der Waals surface area contributed by atoms with Gasteiger partial charge >= 0.3 is 0 Å². The van der Waals surface area contributed by atoms with E-state index in [-0.39, 0.29) is 24.7 Å². The standard InChI is InChI=1S/C16H15Cl2FN2O/c17-13-6-5-12(9-14(13)18)20-8-7-16(22)21-10-11-3-1-2-4-15(11)19/h1-6,9,20H,7-8,10H2,(H,21,22). The highest BCUT2D eigenvalue weighted by molar-refractivity contribution is 6.42. The fourth-order valence-corrected chi connectivity index (χ4v) is 2.15. The predicted molar refractivity (Wildman–Crippen MR) is 87.8 cm³/mol. The Morgan fingerprint density at radius 3 is 2.59 bits per heavy atom. The predicted octanol–water partition coefficient (Wildman–Crippen LogP) is 4.25. The molecule has 0 saturated carbocycles. The Bertz CT molecular complexity index is 664. The molecule has 22 heavy (non-hydrogen) atoms. The van der Waals surface area contributed by atoms with E-state index in [4.69, 9.17) is 23.2 Å². The zero-order valence-electron chi connectivity index (χ0n) is 11.7. The number of carbonyl (C=O) groups excluding carboxylic acids is 1. The number of benzene rings is 2. The maximum atomic E-state index is 13.4. The van der Waals surface area contributed by atoms with Gasteiger partial charge in [-0.1, -0.05) is 41.4 Å². The van der Waals surface area contributed by atoms with Gasteiger partial charge in [-0.2, -0.15) is 0 Å². The van der Waals surface area contributed by atoms with E-state index in [0.717, 1.165) is 5.69 Å². The molecule has 0 aliphatic heterocycles. The number of hydrogen-bond donors (Lipinski definition) is 2. The van der Waals surface area contributed by atoms with Crippen LogP contribution in [-0.4, -0.2) is 12.5 Å². The van der Waals surface area contributed by atoms with Crippen LogP contribution in [0.4, 0.5) is 10.1 Å². The lowest BCUT2D eigenvalue weighted by atomic mass is 10.2. The molecule has 2 aromatic carbocycles. The van der Waals surface area contributed by atoms with Crippen LogP contribution in [0, 0.1) is 5.82 Å². The van der Waals surface area contributed by atoms with Gasteiger partial charge in [-0.15, -0.1) is 0 Å². The largest absolute Gasteiger partial charge is 0.384 e. The number of nitrogens with one attached hydrogen (secondary N) is 2. The lowest BCUT2D eigenvalue weighted by molar-refractivity contribution is -0.121. The number of amides is 1. The molecule has 0 unspecified atom stereocenters. The third kappa shape index (κ3) is 4.90. The molecular formula is C16H15Cl2FN2O. The smallest absolute Gasteiger partial charge is 0.222 e. The van der Waals surface area contributed by atoms with Crippen LogP contribution in [0.3, 0.4) is 0 Å². The summed E-state index contributed by atoms with van der Waals surface area (Å²) in [6, 6.07) is 11.5. The van der Waals surface area contributed by atoms with Crippen molar-refractivity contribution in [1.29, 1.82) is 0 Å². The summed E-state index contributed by atoms with van der Waals surface area (Å²) in [6.45, 7) is 0.624. The van der Waals surface area contributed by atoms with Gasteiger partial charge in [0.15, 0.2) is 0 Å². The maximum Gasteiger partial charge on any atom is 0.222 e. The molecule has 0 radical (unpaired) electrons. The number of halogens is 3. The summed E-state index contributed by atoms with van der Waals surface area (Å²) in [5.41, 5.74) is 1.25. The second-order valence-corrected chi connectivity index (χ2v) is 5.49. The molecule has 1 amide bonds. The SMILES string of the molecule is O=C(CCNc1ccc(Cl)c(Cl)c1)NCc1ccccc1F. The molecule has 0 aliphatic carbocycles. The maximum absolute atomic E-state index is 13.4. The number of rotatable bonds is 6. The highest BCUT2D eigenvalue weighted by atomic mass is 35.5. The van der Waals surface area contributed by atoms with E-state index >= 15 is 0 Å². The van der Waals surface area contributed by atoms with E-state index in [2.05, 4.69) is 10.6 Å². The first-order chi connectivity index (χ1) is 10.6. The normalized spacial score (nSPS) is 10.3. The Morgan fingerprint density at radius 2 is 1.86 bits per heavy atom. The van der Waals surface area contributed by atoms with Crippen LogP contribution >= 0.6 is 23.2 Å². The van der Waals surface area contributed by atoms with Crippen molar-refractivity contribution in [2.24, 2.45) is 0 Å². The highest BCUT2D eigenvalue weighted by Gasteiger charge is 2.05. The molecule has 3 nitrogen and oxygen atoms in total. The van der Waals surface area contributed by atoms with Gasteiger partial charge in [0.05, 0.1) is 10.0 Å². The Kier molecular flexibility index (Phi) is 6.04. The summed E-state index contributed by atoms with van der Waals surface area (Å²) in [7, 11) is 0. The summed E-state index contributed by atoms with van der Waals surface area (Å²) in [5, 5.41) is 6.69. The Morgan fingerprint density at radius 1 is 1.09 bits per heavy atom. The lowest BCUT2D eigenvalue weighted by Gasteiger charge is -2.09. The monoisotopic (exact) mass is 340 g/mol. The van der Waals surface area contributed by atoms with E-state index < -0.39 is 0 Å². The molecule has 0 aromatic heterocycles. The molecule has 116 valence electrons. The van der Waals surface area contributed by atoms with Crippen molar-refractivity contribution in [2.45, 2.75) is 13.0 Å². The van der Waals surface area contributed by atoms with Crippen LogP contribution in [0.2, 0.25) is 10.0 Å². The summed E-state index contributed by atoms with van der Waals surface area (Å²) in [6.07, 6.45) is 0.273. The molecule has 2 N–H and O–H groups in total. The van der Waals surface area contributed by atoms with Crippen LogP contribution in [0.1, 0.15) is 12.0 Å². The Balaban J connectivity index is 1.74. The van der Waals surface area contributed by atoms with Gasteiger partial charge < -0.3 is 10.6 Å². The van der Waals surface area contributed by atoms with E-state index in [0.29, 0.717) is 22.2 Å². The van der Waals surface area contributed by atoms with Crippen LogP contribution < -0.4 is 10.6 Å². The summed E-state index contributed by atoms with van der Waals surface area (Å²) >= 11 is 11.7. The third-order valence-corrected chi connectivity index (χ3v) is 3.77. The van der Waals surface area contributed by atoms with Crippen molar-refractivity contribution < 1.29 is 9.18 Å². The third-order valence-electron chi connectivity index (χ3n) is 3.03.